The van der Waals surface area contributed by atoms with Crippen LogP contribution in [-0.4, -0.2) is 18.8 Å². The monoisotopic (exact) mass is 402 g/mol. The van der Waals surface area contributed by atoms with Crippen LogP contribution in [0.3, 0.4) is 0 Å². The Bertz CT molecular complexity index is 1100. The molecule has 2 N–H and O–H groups in total. The van der Waals surface area contributed by atoms with Crippen LogP contribution < -0.4 is 5.14 Å². The number of aromatic nitrogens is 1. The summed E-state index contributed by atoms with van der Waals surface area (Å²) in [5.41, 5.74) is 3.81. The Morgan fingerprint density at radius 2 is 1.67 bits per heavy atom. The zero-order valence-corrected chi connectivity index (χ0v) is 16.5. The quantitative estimate of drug-likeness (QED) is 0.644. The average molecular weight is 403 g/mol. The molecular formula is C20H19ClN2O3S. The lowest BCUT2D eigenvalue weighted by Gasteiger charge is -2.14. The van der Waals surface area contributed by atoms with Crippen LogP contribution in [0.5, 0.6) is 0 Å². The zero-order chi connectivity index (χ0) is 19.8. The van der Waals surface area contributed by atoms with E-state index in [0.29, 0.717) is 17.0 Å². The third kappa shape index (κ3) is 3.83. The minimum atomic E-state index is -3.77. The lowest BCUT2D eigenvalue weighted by atomic mass is 10.0. The van der Waals surface area contributed by atoms with Crippen LogP contribution >= 0.6 is 11.6 Å². The number of benzene rings is 2. The number of ketones is 1. The van der Waals surface area contributed by atoms with Crippen molar-refractivity contribution in [2.75, 3.05) is 0 Å². The van der Waals surface area contributed by atoms with Gasteiger partial charge in [-0.05, 0) is 55.0 Å². The fourth-order valence-corrected chi connectivity index (χ4v) is 3.69. The van der Waals surface area contributed by atoms with Crippen molar-refractivity contribution >= 4 is 27.4 Å². The number of rotatable bonds is 5. The van der Waals surface area contributed by atoms with E-state index in [1.807, 2.05) is 36.6 Å². The number of primary sulfonamides is 1. The topological polar surface area (TPSA) is 82.2 Å². The second kappa shape index (κ2) is 7.31. The number of aryl methyl sites for hydroxylation is 1. The van der Waals surface area contributed by atoms with Gasteiger partial charge in [-0.15, -0.1) is 0 Å². The molecule has 0 aliphatic heterocycles. The highest BCUT2D eigenvalue weighted by atomic mass is 35.5. The lowest BCUT2D eigenvalue weighted by Crippen LogP contribution is -2.12. The van der Waals surface area contributed by atoms with Crippen molar-refractivity contribution in [1.82, 2.24) is 4.57 Å². The Kier molecular flexibility index (Phi) is 5.24. The summed E-state index contributed by atoms with van der Waals surface area (Å²) < 4.78 is 25.0. The van der Waals surface area contributed by atoms with E-state index >= 15 is 0 Å². The number of hydrogen-bond donors (Lipinski definition) is 1. The average Bonchev–Trinajstić information content (AvgIpc) is 2.98. The van der Waals surface area contributed by atoms with Gasteiger partial charge in [-0.1, -0.05) is 30.7 Å². The van der Waals surface area contributed by atoms with Gasteiger partial charge in [0.15, 0.2) is 5.78 Å². The van der Waals surface area contributed by atoms with E-state index in [4.69, 9.17) is 16.7 Å². The smallest absolute Gasteiger partial charge is 0.238 e. The number of halogens is 1. The molecule has 2 aromatic carbocycles. The van der Waals surface area contributed by atoms with Crippen LogP contribution in [0.2, 0.25) is 5.02 Å². The highest BCUT2D eigenvalue weighted by molar-refractivity contribution is 7.89. The Hall–Kier alpha value is -2.41. The summed E-state index contributed by atoms with van der Waals surface area (Å²) in [5, 5.41) is 5.79. The fourth-order valence-electron chi connectivity index (χ4n) is 3.05. The summed E-state index contributed by atoms with van der Waals surface area (Å²) in [4.78, 5) is 12.6. The number of carbonyl (C=O) groups excluding carboxylic acids is 1. The standard InChI is InChI=1S/C20H19ClN2O3S/c1-3-19(24)18-12-13(2)23(20(18)14-4-6-15(21)7-5-14)16-8-10-17(11-9-16)27(22,25)26/h4-12H,3H2,1-2H3,(H2,22,25,26). The molecule has 0 unspecified atom stereocenters. The number of sulfonamides is 1. The van der Waals surface area contributed by atoms with E-state index in [2.05, 4.69) is 0 Å². The van der Waals surface area contributed by atoms with Crippen molar-refractivity contribution in [3.63, 3.8) is 0 Å². The number of hydrogen-bond acceptors (Lipinski definition) is 3. The van der Waals surface area contributed by atoms with Gasteiger partial charge in [0.1, 0.15) is 0 Å². The molecule has 5 nitrogen and oxygen atoms in total. The van der Waals surface area contributed by atoms with Crippen molar-refractivity contribution in [1.29, 1.82) is 0 Å². The van der Waals surface area contributed by atoms with E-state index in [9.17, 15) is 13.2 Å². The fraction of sp³-hybridized carbons (Fsp3) is 0.150. The first-order valence-corrected chi connectivity index (χ1v) is 10.3. The van der Waals surface area contributed by atoms with Gasteiger partial charge in [-0.3, -0.25) is 4.79 Å². The molecule has 140 valence electrons. The molecule has 1 heterocycles. The normalized spacial score (nSPS) is 11.6. The number of Topliss-reactive ketones (excluding diaryl/α,β-unsaturated/α-hetero) is 1. The van der Waals surface area contributed by atoms with E-state index in [1.165, 1.54) is 12.1 Å². The molecule has 0 amide bonds. The number of carbonyl (C=O) groups is 1. The summed E-state index contributed by atoms with van der Waals surface area (Å²) in [5.74, 6) is 0.0305. The van der Waals surface area contributed by atoms with Gasteiger partial charge in [0.05, 0.1) is 10.6 Å². The number of nitrogens with two attached hydrogens (primary N) is 1. The van der Waals surface area contributed by atoms with Crippen LogP contribution in [-0.2, 0) is 10.0 Å². The third-order valence-electron chi connectivity index (χ3n) is 4.35. The first-order chi connectivity index (χ1) is 12.7. The highest BCUT2D eigenvalue weighted by Crippen LogP contribution is 2.32. The highest BCUT2D eigenvalue weighted by Gasteiger charge is 2.20. The second-order valence-corrected chi connectivity index (χ2v) is 8.20. The van der Waals surface area contributed by atoms with Gasteiger partial charge < -0.3 is 4.57 Å². The molecule has 0 aliphatic rings. The van der Waals surface area contributed by atoms with E-state index in [1.54, 1.807) is 24.3 Å². The van der Waals surface area contributed by atoms with Crippen LogP contribution in [0, 0.1) is 6.92 Å². The van der Waals surface area contributed by atoms with Crippen LogP contribution in [0.1, 0.15) is 29.4 Å². The third-order valence-corrected chi connectivity index (χ3v) is 5.53. The van der Waals surface area contributed by atoms with Gasteiger partial charge in [-0.2, -0.15) is 0 Å². The second-order valence-electron chi connectivity index (χ2n) is 6.21. The molecule has 0 radical (unpaired) electrons. The van der Waals surface area contributed by atoms with E-state index in [-0.39, 0.29) is 10.7 Å². The van der Waals surface area contributed by atoms with Gasteiger partial charge in [0.2, 0.25) is 10.0 Å². The van der Waals surface area contributed by atoms with Crippen molar-refractivity contribution in [2.45, 2.75) is 25.2 Å². The van der Waals surface area contributed by atoms with E-state index < -0.39 is 10.0 Å². The Morgan fingerprint density at radius 1 is 1.07 bits per heavy atom. The minimum absolute atomic E-state index is 0.0305. The molecule has 3 rings (SSSR count). The first-order valence-electron chi connectivity index (χ1n) is 8.37. The largest absolute Gasteiger partial charge is 0.313 e. The summed E-state index contributed by atoms with van der Waals surface area (Å²) >= 11 is 6.01. The van der Waals surface area contributed by atoms with Crippen molar-refractivity contribution in [3.05, 3.63) is 70.9 Å². The van der Waals surface area contributed by atoms with Gasteiger partial charge in [0, 0.05) is 28.4 Å². The van der Waals surface area contributed by atoms with Crippen molar-refractivity contribution in [3.8, 4) is 16.9 Å². The molecule has 7 heteroatoms. The first kappa shape index (κ1) is 19.4. The van der Waals surface area contributed by atoms with E-state index in [0.717, 1.165) is 22.6 Å². The molecule has 1 aromatic heterocycles. The Labute approximate surface area is 163 Å². The lowest BCUT2D eigenvalue weighted by molar-refractivity contribution is 0.0989. The maximum absolute atomic E-state index is 12.5. The maximum Gasteiger partial charge on any atom is 0.238 e. The molecule has 0 bridgehead atoms. The van der Waals surface area contributed by atoms with Crippen LogP contribution in [0.25, 0.3) is 16.9 Å². The molecule has 3 aromatic rings. The van der Waals surface area contributed by atoms with Crippen molar-refractivity contribution in [2.24, 2.45) is 5.14 Å². The summed E-state index contributed by atoms with van der Waals surface area (Å²) in [7, 11) is -3.77. The minimum Gasteiger partial charge on any atom is -0.313 e. The molecule has 27 heavy (non-hydrogen) atoms. The van der Waals surface area contributed by atoms with Gasteiger partial charge >= 0.3 is 0 Å². The van der Waals surface area contributed by atoms with Gasteiger partial charge in [0.25, 0.3) is 0 Å². The predicted octanol–water partition coefficient (Wildman–Crippen LogP) is 4.35. The molecule has 0 spiro atoms. The SMILES string of the molecule is CCC(=O)c1cc(C)n(-c2ccc(S(N)(=O)=O)cc2)c1-c1ccc(Cl)cc1. The Morgan fingerprint density at radius 3 is 2.19 bits per heavy atom. The predicted molar refractivity (Wildman–Crippen MR) is 107 cm³/mol. The van der Waals surface area contributed by atoms with Gasteiger partial charge in [-0.25, -0.2) is 13.6 Å². The number of nitrogens with zero attached hydrogens (tertiary/aromatic N) is 1. The summed E-state index contributed by atoms with van der Waals surface area (Å²) in [6.07, 6.45) is 0.383. The maximum atomic E-state index is 12.5. The zero-order valence-electron chi connectivity index (χ0n) is 14.9. The molecule has 0 aliphatic carbocycles. The summed E-state index contributed by atoms with van der Waals surface area (Å²) in [6, 6.07) is 15.4. The van der Waals surface area contributed by atoms with Crippen LogP contribution in [0.4, 0.5) is 0 Å². The van der Waals surface area contributed by atoms with Crippen molar-refractivity contribution < 1.29 is 13.2 Å². The molecule has 0 saturated carbocycles. The molecule has 0 atom stereocenters. The molecule has 0 saturated heterocycles. The molecular weight excluding hydrogens is 384 g/mol. The summed E-state index contributed by atoms with van der Waals surface area (Å²) in [6.45, 7) is 3.72. The van der Waals surface area contributed by atoms with Crippen LogP contribution in [0.15, 0.2) is 59.5 Å². The Balaban J connectivity index is 2.25. The molecule has 0 fully saturated rings.